The third kappa shape index (κ3) is 3.99. The number of aryl methyl sites for hydroxylation is 1. The number of halogens is 1. The van der Waals surface area contributed by atoms with Crippen molar-refractivity contribution in [1.82, 2.24) is 0 Å². The van der Waals surface area contributed by atoms with Crippen LogP contribution in [-0.2, 0) is 9.53 Å². The van der Waals surface area contributed by atoms with Gasteiger partial charge in [-0.2, -0.15) is 0 Å². The fourth-order valence-electron chi connectivity index (χ4n) is 1.99. The molecular formula is C17H18ClNO2. The maximum atomic E-state index is 12.2. The Balaban J connectivity index is 2.31. The summed E-state index contributed by atoms with van der Waals surface area (Å²) in [6.07, 6.45) is 0. The van der Waals surface area contributed by atoms with Crippen LogP contribution in [0.15, 0.2) is 48.5 Å². The first-order valence-corrected chi connectivity index (χ1v) is 7.24. The van der Waals surface area contributed by atoms with Gasteiger partial charge in [0.25, 0.3) is 0 Å². The van der Waals surface area contributed by atoms with E-state index in [1.807, 2.05) is 49.4 Å². The van der Waals surface area contributed by atoms with Crippen molar-refractivity contribution in [3.8, 4) is 0 Å². The van der Waals surface area contributed by atoms with Gasteiger partial charge < -0.3 is 10.1 Å². The van der Waals surface area contributed by atoms with Gasteiger partial charge in [-0.25, -0.2) is 4.79 Å². The Bertz CT molecular complexity index is 613. The second-order valence-corrected chi connectivity index (χ2v) is 5.11. The Morgan fingerprint density at radius 2 is 1.95 bits per heavy atom. The predicted molar refractivity (Wildman–Crippen MR) is 85.6 cm³/mol. The molecule has 0 amide bonds. The van der Waals surface area contributed by atoms with Gasteiger partial charge in [0.1, 0.15) is 0 Å². The van der Waals surface area contributed by atoms with Crippen molar-refractivity contribution in [2.24, 2.45) is 0 Å². The summed E-state index contributed by atoms with van der Waals surface area (Å²) in [6, 6.07) is 14.6. The summed E-state index contributed by atoms with van der Waals surface area (Å²) in [5.74, 6) is -0.318. The number of anilines is 1. The number of hydrogen-bond donors (Lipinski definition) is 1. The van der Waals surface area contributed by atoms with E-state index in [1.165, 1.54) is 0 Å². The van der Waals surface area contributed by atoms with Crippen molar-refractivity contribution >= 4 is 23.3 Å². The van der Waals surface area contributed by atoms with Crippen LogP contribution in [0.3, 0.4) is 0 Å². The minimum atomic E-state index is -0.578. The first-order chi connectivity index (χ1) is 10.1. The lowest BCUT2D eigenvalue weighted by Crippen LogP contribution is -2.23. The molecule has 0 spiro atoms. The lowest BCUT2D eigenvalue weighted by atomic mass is 10.0. The fraction of sp³-hybridized carbons (Fsp3) is 0.235. The van der Waals surface area contributed by atoms with Crippen LogP contribution in [0.2, 0.25) is 5.02 Å². The molecule has 0 bridgehead atoms. The molecule has 0 radical (unpaired) electrons. The zero-order chi connectivity index (χ0) is 15.2. The molecule has 0 saturated heterocycles. The summed E-state index contributed by atoms with van der Waals surface area (Å²) in [4.78, 5) is 12.2. The van der Waals surface area contributed by atoms with Crippen LogP contribution in [0.4, 0.5) is 5.69 Å². The largest absolute Gasteiger partial charge is 0.464 e. The van der Waals surface area contributed by atoms with Crippen molar-refractivity contribution in [1.29, 1.82) is 0 Å². The summed E-state index contributed by atoms with van der Waals surface area (Å²) in [5, 5.41) is 3.83. The van der Waals surface area contributed by atoms with Crippen molar-refractivity contribution in [3.05, 3.63) is 64.7 Å². The number of nitrogens with one attached hydrogen (secondary N) is 1. The van der Waals surface area contributed by atoms with Crippen LogP contribution in [0.1, 0.15) is 24.1 Å². The van der Waals surface area contributed by atoms with E-state index in [0.717, 1.165) is 16.8 Å². The summed E-state index contributed by atoms with van der Waals surface area (Å²) >= 11 is 6.16. The summed E-state index contributed by atoms with van der Waals surface area (Å²) in [5.41, 5.74) is 2.61. The summed E-state index contributed by atoms with van der Waals surface area (Å²) in [6.45, 7) is 4.06. The predicted octanol–water partition coefficient (Wildman–Crippen LogP) is 4.36. The molecule has 110 valence electrons. The lowest BCUT2D eigenvalue weighted by Gasteiger charge is -2.19. The van der Waals surface area contributed by atoms with Gasteiger partial charge in [0.05, 0.1) is 6.61 Å². The second kappa shape index (κ2) is 7.14. The monoisotopic (exact) mass is 303 g/mol. The van der Waals surface area contributed by atoms with Crippen LogP contribution in [0.5, 0.6) is 0 Å². The van der Waals surface area contributed by atoms with E-state index in [0.29, 0.717) is 11.6 Å². The molecule has 0 aliphatic heterocycles. The molecule has 0 heterocycles. The molecule has 1 atom stereocenters. The summed E-state index contributed by atoms with van der Waals surface area (Å²) in [7, 11) is 0. The third-order valence-corrected chi connectivity index (χ3v) is 3.54. The van der Waals surface area contributed by atoms with Crippen LogP contribution in [0.25, 0.3) is 0 Å². The first kappa shape index (κ1) is 15.4. The topological polar surface area (TPSA) is 38.3 Å². The lowest BCUT2D eigenvalue weighted by molar-refractivity contribution is -0.144. The Morgan fingerprint density at radius 1 is 1.24 bits per heavy atom. The molecule has 0 aromatic heterocycles. The number of rotatable bonds is 5. The van der Waals surface area contributed by atoms with Crippen LogP contribution in [-0.4, -0.2) is 12.6 Å². The fourth-order valence-corrected chi connectivity index (χ4v) is 2.18. The third-order valence-electron chi connectivity index (χ3n) is 3.14. The van der Waals surface area contributed by atoms with Crippen molar-refractivity contribution in [2.45, 2.75) is 19.9 Å². The van der Waals surface area contributed by atoms with Crippen molar-refractivity contribution in [2.75, 3.05) is 11.9 Å². The molecule has 0 saturated carbocycles. The first-order valence-electron chi connectivity index (χ1n) is 6.86. The molecule has 0 aliphatic carbocycles. The number of carbonyl (C=O) groups is 1. The summed E-state index contributed by atoms with van der Waals surface area (Å²) < 4.78 is 5.16. The smallest absolute Gasteiger partial charge is 0.333 e. The Morgan fingerprint density at radius 3 is 2.57 bits per heavy atom. The van der Waals surface area contributed by atoms with E-state index in [4.69, 9.17) is 16.3 Å². The SMILES string of the molecule is CCOC(=O)C(Nc1ccccc1)c1ccc(C)c(Cl)c1. The van der Waals surface area contributed by atoms with Gasteiger partial charge in [0.2, 0.25) is 0 Å². The highest BCUT2D eigenvalue weighted by Gasteiger charge is 2.22. The zero-order valence-corrected chi connectivity index (χ0v) is 12.9. The molecule has 1 N–H and O–H groups in total. The van der Waals surface area contributed by atoms with Gasteiger partial charge in [-0.1, -0.05) is 41.9 Å². The van der Waals surface area contributed by atoms with Gasteiger partial charge in [-0.15, -0.1) is 0 Å². The van der Waals surface area contributed by atoms with E-state index in [-0.39, 0.29) is 5.97 Å². The number of benzene rings is 2. The van der Waals surface area contributed by atoms with Gasteiger partial charge >= 0.3 is 5.97 Å². The Kier molecular flexibility index (Phi) is 5.23. The number of carbonyl (C=O) groups excluding carboxylic acids is 1. The van der Waals surface area contributed by atoms with Crippen molar-refractivity contribution in [3.63, 3.8) is 0 Å². The standard InChI is InChI=1S/C17H18ClNO2/c1-3-21-17(20)16(19-14-7-5-4-6-8-14)13-10-9-12(2)15(18)11-13/h4-11,16,19H,3H2,1-2H3. The molecule has 0 aliphatic rings. The van der Waals surface area contributed by atoms with Gasteiger partial charge in [-0.3, -0.25) is 0 Å². The highest BCUT2D eigenvalue weighted by atomic mass is 35.5. The number of hydrogen-bond acceptors (Lipinski definition) is 3. The molecule has 2 aromatic carbocycles. The zero-order valence-electron chi connectivity index (χ0n) is 12.1. The highest BCUT2D eigenvalue weighted by Crippen LogP contribution is 2.25. The van der Waals surface area contributed by atoms with Crippen molar-refractivity contribution < 1.29 is 9.53 Å². The molecule has 4 heteroatoms. The van der Waals surface area contributed by atoms with Crippen LogP contribution in [0, 0.1) is 6.92 Å². The molecular weight excluding hydrogens is 286 g/mol. The number of esters is 1. The molecule has 1 unspecified atom stereocenters. The van der Waals surface area contributed by atoms with E-state index < -0.39 is 6.04 Å². The molecule has 0 fully saturated rings. The highest BCUT2D eigenvalue weighted by molar-refractivity contribution is 6.31. The minimum Gasteiger partial charge on any atom is -0.464 e. The molecule has 2 aromatic rings. The number of para-hydroxylation sites is 1. The van der Waals surface area contributed by atoms with E-state index in [9.17, 15) is 4.79 Å². The second-order valence-electron chi connectivity index (χ2n) is 4.70. The van der Waals surface area contributed by atoms with Crippen LogP contribution >= 0.6 is 11.6 Å². The van der Waals surface area contributed by atoms with Gasteiger partial charge in [0, 0.05) is 10.7 Å². The average molecular weight is 304 g/mol. The van der Waals surface area contributed by atoms with Crippen LogP contribution < -0.4 is 5.32 Å². The molecule has 3 nitrogen and oxygen atoms in total. The van der Waals surface area contributed by atoms with E-state index >= 15 is 0 Å². The Labute approximate surface area is 129 Å². The van der Waals surface area contributed by atoms with E-state index in [1.54, 1.807) is 13.0 Å². The number of ether oxygens (including phenoxy) is 1. The van der Waals surface area contributed by atoms with Gasteiger partial charge in [0.15, 0.2) is 6.04 Å². The van der Waals surface area contributed by atoms with Gasteiger partial charge in [-0.05, 0) is 43.2 Å². The molecule has 2 rings (SSSR count). The Hall–Kier alpha value is -2.00. The van der Waals surface area contributed by atoms with E-state index in [2.05, 4.69) is 5.32 Å². The normalized spacial score (nSPS) is 11.8. The average Bonchev–Trinajstić information content (AvgIpc) is 2.49. The quantitative estimate of drug-likeness (QED) is 0.834. The maximum absolute atomic E-state index is 12.2. The minimum absolute atomic E-state index is 0.318. The maximum Gasteiger partial charge on any atom is 0.333 e. The molecule has 21 heavy (non-hydrogen) atoms.